The summed E-state index contributed by atoms with van der Waals surface area (Å²) in [5.74, 6) is -0.273. The van der Waals surface area contributed by atoms with Crippen molar-refractivity contribution < 1.29 is 14.7 Å². The number of hydrogen-bond acceptors (Lipinski definition) is 4. The zero-order chi connectivity index (χ0) is 25.5. The first-order valence-corrected chi connectivity index (χ1v) is 11.6. The van der Waals surface area contributed by atoms with E-state index in [1.807, 2.05) is 63.2 Å². The Morgan fingerprint density at radius 3 is 2.29 bits per heavy atom. The lowest BCUT2D eigenvalue weighted by molar-refractivity contribution is -0.137. The van der Waals surface area contributed by atoms with Crippen LogP contribution in [0.15, 0.2) is 59.4 Å². The first-order valence-electron chi connectivity index (χ1n) is 11.6. The van der Waals surface area contributed by atoms with Crippen molar-refractivity contribution in [3.63, 3.8) is 0 Å². The predicted octanol–water partition coefficient (Wildman–Crippen LogP) is 4.44. The number of aryl methyl sites for hydroxylation is 2. The highest BCUT2D eigenvalue weighted by Crippen LogP contribution is 2.19. The molecule has 0 bridgehead atoms. The van der Waals surface area contributed by atoms with Crippen LogP contribution in [0.2, 0.25) is 0 Å². The van der Waals surface area contributed by atoms with Gasteiger partial charge >= 0.3 is 12.0 Å². The van der Waals surface area contributed by atoms with Crippen LogP contribution in [0.25, 0.3) is 0 Å². The third kappa shape index (κ3) is 7.02. The van der Waals surface area contributed by atoms with Crippen LogP contribution in [-0.2, 0) is 17.8 Å². The highest BCUT2D eigenvalue weighted by molar-refractivity contribution is 5.90. The van der Waals surface area contributed by atoms with E-state index in [4.69, 9.17) is 0 Å². The number of carbonyl (C=O) groups is 2. The van der Waals surface area contributed by atoms with Gasteiger partial charge < -0.3 is 15.7 Å². The molecular formula is C27H32N4O4. The second kappa shape index (κ2) is 11.5. The lowest BCUT2D eigenvalue weighted by atomic mass is 10.0. The standard InChI is InChI=1S/C27H32N4O4/c1-17(2)14-23-25(26(34)31(19(4)28-23)16-20-8-6-5-7-9-20)30-27(35)29-22(15-24(32)33)21-12-10-18(3)11-13-21/h5-13,17,22H,14-16H2,1-4H3,(H,32,33)(H2,29,30,35)/t22-/m0/s1. The molecule has 0 aliphatic rings. The molecule has 3 N–H and O–H groups in total. The summed E-state index contributed by atoms with van der Waals surface area (Å²) in [5.41, 5.74) is 2.89. The molecule has 0 saturated carbocycles. The van der Waals surface area contributed by atoms with Gasteiger partial charge in [-0.3, -0.25) is 14.2 Å². The maximum absolute atomic E-state index is 13.5. The van der Waals surface area contributed by atoms with Gasteiger partial charge in [-0.15, -0.1) is 0 Å². The fourth-order valence-electron chi connectivity index (χ4n) is 3.86. The number of carboxylic acid groups (broad SMARTS) is 1. The Balaban J connectivity index is 1.92. The molecule has 1 atom stereocenters. The molecule has 8 heteroatoms. The number of carboxylic acids is 1. The van der Waals surface area contributed by atoms with Crippen molar-refractivity contribution >= 4 is 17.7 Å². The first-order chi connectivity index (χ1) is 16.6. The van der Waals surface area contributed by atoms with Crippen LogP contribution in [-0.4, -0.2) is 26.7 Å². The Labute approximate surface area is 205 Å². The molecule has 0 spiro atoms. The van der Waals surface area contributed by atoms with Gasteiger partial charge in [0.05, 0.1) is 24.7 Å². The van der Waals surface area contributed by atoms with Crippen LogP contribution in [0.1, 0.15) is 54.5 Å². The number of nitrogens with zero attached hydrogens (tertiary/aromatic N) is 2. The fourth-order valence-corrected chi connectivity index (χ4v) is 3.86. The van der Waals surface area contributed by atoms with Gasteiger partial charge in [-0.1, -0.05) is 74.0 Å². The van der Waals surface area contributed by atoms with Gasteiger partial charge in [0.15, 0.2) is 0 Å². The minimum atomic E-state index is -1.04. The number of amides is 2. The number of hydrogen-bond donors (Lipinski definition) is 3. The molecular weight excluding hydrogens is 444 g/mol. The highest BCUT2D eigenvalue weighted by Gasteiger charge is 2.22. The molecule has 35 heavy (non-hydrogen) atoms. The number of urea groups is 1. The first kappa shape index (κ1) is 25.7. The predicted molar refractivity (Wildman–Crippen MR) is 136 cm³/mol. The third-order valence-electron chi connectivity index (χ3n) is 5.62. The van der Waals surface area contributed by atoms with E-state index in [-0.39, 0.29) is 23.6 Å². The van der Waals surface area contributed by atoms with Crippen molar-refractivity contribution in [1.82, 2.24) is 14.9 Å². The Morgan fingerprint density at radius 1 is 1.03 bits per heavy atom. The lowest BCUT2D eigenvalue weighted by Gasteiger charge is -2.20. The van der Waals surface area contributed by atoms with E-state index in [0.717, 1.165) is 11.1 Å². The Morgan fingerprint density at radius 2 is 1.69 bits per heavy atom. The van der Waals surface area contributed by atoms with E-state index in [0.29, 0.717) is 30.0 Å². The summed E-state index contributed by atoms with van der Waals surface area (Å²) in [4.78, 5) is 42.6. The van der Waals surface area contributed by atoms with Gasteiger partial charge in [0, 0.05) is 0 Å². The van der Waals surface area contributed by atoms with Crippen molar-refractivity contribution in [3.05, 3.63) is 93.2 Å². The SMILES string of the molecule is Cc1ccc([C@H](CC(=O)O)NC(=O)Nc2c(CC(C)C)nc(C)n(Cc3ccccc3)c2=O)cc1. The van der Waals surface area contributed by atoms with Crippen LogP contribution < -0.4 is 16.2 Å². The van der Waals surface area contributed by atoms with E-state index < -0.39 is 18.0 Å². The molecule has 2 amide bonds. The number of nitrogens with one attached hydrogen (secondary N) is 2. The molecule has 0 saturated heterocycles. The van der Waals surface area contributed by atoms with E-state index in [1.165, 1.54) is 4.57 Å². The fraction of sp³-hybridized carbons (Fsp3) is 0.333. The summed E-state index contributed by atoms with van der Waals surface area (Å²) in [5, 5.41) is 14.8. The molecule has 1 heterocycles. The van der Waals surface area contributed by atoms with Gasteiger partial charge in [-0.2, -0.15) is 0 Å². The van der Waals surface area contributed by atoms with Gasteiger partial charge in [0.1, 0.15) is 11.5 Å². The van der Waals surface area contributed by atoms with E-state index in [2.05, 4.69) is 15.6 Å². The second-order valence-corrected chi connectivity index (χ2v) is 9.12. The molecule has 8 nitrogen and oxygen atoms in total. The summed E-state index contributed by atoms with van der Waals surface area (Å²) in [6.07, 6.45) is 0.216. The smallest absolute Gasteiger partial charge is 0.319 e. The quantitative estimate of drug-likeness (QED) is 0.422. The van der Waals surface area contributed by atoms with Gasteiger partial charge in [-0.05, 0) is 37.3 Å². The van der Waals surface area contributed by atoms with Crippen molar-refractivity contribution in [1.29, 1.82) is 0 Å². The van der Waals surface area contributed by atoms with E-state index in [9.17, 15) is 19.5 Å². The maximum atomic E-state index is 13.5. The second-order valence-electron chi connectivity index (χ2n) is 9.12. The number of rotatable bonds is 9. The molecule has 0 radical (unpaired) electrons. The summed E-state index contributed by atoms with van der Waals surface area (Å²) >= 11 is 0. The topological polar surface area (TPSA) is 113 Å². The van der Waals surface area contributed by atoms with E-state index >= 15 is 0 Å². The van der Waals surface area contributed by atoms with Crippen molar-refractivity contribution in [2.45, 2.75) is 53.1 Å². The summed E-state index contributed by atoms with van der Waals surface area (Å²) in [7, 11) is 0. The minimum absolute atomic E-state index is 0.107. The lowest BCUT2D eigenvalue weighted by Crippen LogP contribution is -2.37. The average molecular weight is 477 g/mol. The number of carbonyl (C=O) groups excluding carboxylic acids is 1. The number of aliphatic carboxylic acids is 1. The molecule has 0 fully saturated rings. The van der Waals surface area contributed by atoms with Gasteiger partial charge in [-0.25, -0.2) is 9.78 Å². The van der Waals surface area contributed by atoms with Crippen molar-refractivity contribution in [3.8, 4) is 0 Å². The molecule has 184 valence electrons. The zero-order valence-electron chi connectivity index (χ0n) is 20.5. The van der Waals surface area contributed by atoms with Crippen LogP contribution in [0.4, 0.5) is 10.5 Å². The van der Waals surface area contributed by atoms with E-state index in [1.54, 1.807) is 19.1 Å². The largest absolute Gasteiger partial charge is 0.481 e. The summed E-state index contributed by atoms with van der Waals surface area (Å²) in [6.45, 7) is 8.05. The summed E-state index contributed by atoms with van der Waals surface area (Å²) < 4.78 is 1.53. The molecule has 3 aromatic rings. The van der Waals surface area contributed by atoms with Crippen LogP contribution >= 0.6 is 0 Å². The molecule has 1 aromatic heterocycles. The number of anilines is 1. The van der Waals surface area contributed by atoms with Crippen LogP contribution in [0.3, 0.4) is 0 Å². The third-order valence-corrected chi connectivity index (χ3v) is 5.62. The Kier molecular flexibility index (Phi) is 8.41. The normalized spacial score (nSPS) is 11.8. The van der Waals surface area contributed by atoms with Crippen molar-refractivity contribution in [2.75, 3.05) is 5.32 Å². The zero-order valence-corrected chi connectivity index (χ0v) is 20.5. The highest BCUT2D eigenvalue weighted by atomic mass is 16.4. The van der Waals surface area contributed by atoms with Crippen molar-refractivity contribution in [2.24, 2.45) is 5.92 Å². The van der Waals surface area contributed by atoms with Gasteiger partial charge in [0.2, 0.25) is 0 Å². The molecule has 0 aliphatic heterocycles. The van der Waals surface area contributed by atoms with Crippen LogP contribution in [0.5, 0.6) is 0 Å². The summed E-state index contributed by atoms with van der Waals surface area (Å²) in [6, 6.07) is 15.4. The average Bonchev–Trinajstić information content (AvgIpc) is 2.79. The number of benzene rings is 2. The number of aromatic nitrogens is 2. The molecule has 3 rings (SSSR count). The monoisotopic (exact) mass is 476 g/mol. The Bertz CT molecular complexity index is 1230. The van der Waals surface area contributed by atoms with Crippen LogP contribution in [0, 0.1) is 19.8 Å². The van der Waals surface area contributed by atoms with Gasteiger partial charge in [0.25, 0.3) is 5.56 Å². The Hall–Kier alpha value is -3.94. The molecule has 2 aromatic carbocycles. The molecule has 0 unspecified atom stereocenters. The molecule has 0 aliphatic carbocycles. The minimum Gasteiger partial charge on any atom is -0.481 e. The maximum Gasteiger partial charge on any atom is 0.319 e.